The summed E-state index contributed by atoms with van der Waals surface area (Å²) < 4.78 is 3.08. The van der Waals surface area contributed by atoms with Crippen LogP contribution in [0.1, 0.15) is 25.2 Å². The Morgan fingerprint density at radius 2 is 2.15 bits per heavy atom. The van der Waals surface area contributed by atoms with Crippen molar-refractivity contribution in [1.82, 2.24) is 19.6 Å². The number of anilines is 1. The molecule has 0 spiro atoms. The molecular weight excluding hydrogens is 278 g/mol. The van der Waals surface area contributed by atoms with Gasteiger partial charge in [0.15, 0.2) is 0 Å². The highest BCUT2D eigenvalue weighted by Gasteiger charge is 2.14. The lowest BCUT2D eigenvalue weighted by molar-refractivity contribution is 0.590. The van der Waals surface area contributed by atoms with Crippen LogP contribution >= 0.6 is 11.6 Å². The fourth-order valence-corrected chi connectivity index (χ4v) is 2.34. The number of rotatable bonds is 5. The van der Waals surface area contributed by atoms with E-state index in [1.54, 1.807) is 10.9 Å². The maximum Gasteiger partial charge on any atom is 0.269 e. The number of hydrogen-bond donors (Lipinski definition) is 1. The predicted octanol–water partition coefficient (Wildman–Crippen LogP) is 1.67. The summed E-state index contributed by atoms with van der Waals surface area (Å²) in [4.78, 5) is 12.0. The van der Waals surface area contributed by atoms with E-state index in [1.807, 2.05) is 20.9 Å². The molecule has 2 heterocycles. The van der Waals surface area contributed by atoms with Crippen LogP contribution < -0.4 is 10.9 Å². The summed E-state index contributed by atoms with van der Waals surface area (Å²) in [5.74, 6) is 0. The van der Waals surface area contributed by atoms with Crippen LogP contribution in [0.5, 0.6) is 0 Å². The van der Waals surface area contributed by atoms with Crippen LogP contribution in [0.25, 0.3) is 0 Å². The van der Waals surface area contributed by atoms with Gasteiger partial charge in [-0.05, 0) is 13.3 Å². The number of nitrogens with one attached hydrogen (secondary N) is 1. The molecule has 20 heavy (non-hydrogen) atoms. The standard InChI is InChI=1S/C13H18ClN5O/c1-4-10-13(14)11(18(3)17-10)8-19-12(20)6-9(7-16-19)15-5-2/h6-7,15H,4-5,8H2,1-3H3. The summed E-state index contributed by atoms with van der Waals surface area (Å²) in [5.41, 5.74) is 2.17. The number of aryl methyl sites for hydroxylation is 2. The average Bonchev–Trinajstić information content (AvgIpc) is 2.69. The van der Waals surface area contributed by atoms with Gasteiger partial charge in [-0.1, -0.05) is 18.5 Å². The molecule has 108 valence electrons. The molecule has 2 aromatic heterocycles. The molecule has 6 nitrogen and oxygen atoms in total. The van der Waals surface area contributed by atoms with Crippen LogP contribution in [0.3, 0.4) is 0 Å². The Balaban J connectivity index is 2.31. The first kappa shape index (κ1) is 14.6. The Bertz CT molecular complexity index is 661. The van der Waals surface area contributed by atoms with E-state index < -0.39 is 0 Å². The number of hydrogen-bond acceptors (Lipinski definition) is 4. The van der Waals surface area contributed by atoms with Crippen LogP contribution in [-0.2, 0) is 20.0 Å². The summed E-state index contributed by atoms with van der Waals surface area (Å²) >= 11 is 6.27. The largest absolute Gasteiger partial charge is 0.384 e. The monoisotopic (exact) mass is 295 g/mol. The third kappa shape index (κ3) is 2.85. The number of halogens is 1. The summed E-state index contributed by atoms with van der Waals surface area (Å²) in [7, 11) is 1.82. The van der Waals surface area contributed by atoms with Gasteiger partial charge in [0.25, 0.3) is 5.56 Å². The van der Waals surface area contributed by atoms with Gasteiger partial charge in [0.2, 0.25) is 0 Å². The van der Waals surface area contributed by atoms with Crippen LogP contribution in [0, 0.1) is 0 Å². The van der Waals surface area contributed by atoms with Gasteiger partial charge in [-0.2, -0.15) is 10.2 Å². The second-order valence-electron chi connectivity index (χ2n) is 4.45. The third-order valence-corrected chi connectivity index (χ3v) is 3.49. The summed E-state index contributed by atoms with van der Waals surface area (Å²) in [6, 6.07) is 1.53. The Hall–Kier alpha value is -1.82. The minimum absolute atomic E-state index is 0.168. The van der Waals surface area contributed by atoms with Crippen LogP contribution in [0.2, 0.25) is 5.02 Å². The second-order valence-corrected chi connectivity index (χ2v) is 4.83. The Morgan fingerprint density at radius 1 is 1.40 bits per heavy atom. The van der Waals surface area contributed by atoms with E-state index >= 15 is 0 Å². The van der Waals surface area contributed by atoms with Crippen LogP contribution in [0.15, 0.2) is 17.1 Å². The van der Waals surface area contributed by atoms with Crippen molar-refractivity contribution in [2.75, 3.05) is 11.9 Å². The maximum absolute atomic E-state index is 12.0. The van der Waals surface area contributed by atoms with Crippen molar-refractivity contribution < 1.29 is 0 Å². The van der Waals surface area contributed by atoms with Gasteiger partial charge in [0.1, 0.15) is 0 Å². The molecule has 0 fully saturated rings. The molecule has 0 unspecified atom stereocenters. The lowest BCUT2D eigenvalue weighted by atomic mass is 10.3. The predicted molar refractivity (Wildman–Crippen MR) is 79.4 cm³/mol. The Labute approximate surface area is 122 Å². The fraction of sp³-hybridized carbons (Fsp3) is 0.462. The van der Waals surface area contributed by atoms with Gasteiger partial charge in [0.05, 0.1) is 34.8 Å². The lowest BCUT2D eigenvalue weighted by Gasteiger charge is -2.07. The van der Waals surface area contributed by atoms with E-state index in [2.05, 4.69) is 15.5 Å². The van der Waals surface area contributed by atoms with Crippen molar-refractivity contribution >= 4 is 17.3 Å². The molecule has 0 saturated carbocycles. The van der Waals surface area contributed by atoms with Crippen LogP contribution in [0.4, 0.5) is 5.69 Å². The molecule has 0 aliphatic carbocycles. The normalized spacial score (nSPS) is 10.8. The molecule has 0 aromatic carbocycles. The molecule has 0 amide bonds. The lowest BCUT2D eigenvalue weighted by Crippen LogP contribution is -2.24. The van der Waals surface area contributed by atoms with E-state index in [1.165, 1.54) is 10.7 Å². The molecular formula is C13H18ClN5O. The van der Waals surface area contributed by atoms with Gasteiger partial charge < -0.3 is 5.32 Å². The maximum atomic E-state index is 12.0. The highest BCUT2D eigenvalue weighted by atomic mass is 35.5. The zero-order chi connectivity index (χ0) is 14.7. The summed E-state index contributed by atoms with van der Waals surface area (Å²) in [5, 5.41) is 12.1. The molecule has 0 aliphatic rings. The van der Waals surface area contributed by atoms with E-state index in [9.17, 15) is 4.79 Å². The zero-order valence-corrected chi connectivity index (χ0v) is 12.6. The highest BCUT2D eigenvalue weighted by molar-refractivity contribution is 6.31. The van der Waals surface area contributed by atoms with E-state index in [0.717, 1.165) is 30.0 Å². The summed E-state index contributed by atoms with van der Waals surface area (Å²) in [6.07, 6.45) is 2.39. The number of aromatic nitrogens is 4. The molecule has 0 radical (unpaired) electrons. The van der Waals surface area contributed by atoms with Crippen molar-refractivity contribution in [1.29, 1.82) is 0 Å². The SMILES string of the molecule is CCNc1cnn(Cc2c(Cl)c(CC)nn2C)c(=O)c1. The minimum atomic E-state index is -0.168. The van der Waals surface area contributed by atoms with Crippen molar-refractivity contribution in [3.05, 3.63) is 39.0 Å². The topological polar surface area (TPSA) is 64.7 Å². The average molecular weight is 296 g/mol. The van der Waals surface area contributed by atoms with Crippen molar-refractivity contribution in [2.24, 2.45) is 7.05 Å². The van der Waals surface area contributed by atoms with E-state index in [4.69, 9.17) is 11.6 Å². The van der Waals surface area contributed by atoms with Crippen molar-refractivity contribution in [2.45, 2.75) is 26.8 Å². The molecule has 2 aromatic rings. The van der Waals surface area contributed by atoms with Gasteiger partial charge in [0, 0.05) is 19.7 Å². The molecule has 7 heteroatoms. The second kappa shape index (κ2) is 6.09. The molecule has 0 bridgehead atoms. The highest BCUT2D eigenvalue weighted by Crippen LogP contribution is 2.21. The first-order chi connectivity index (χ1) is 9.56. The molecule has 0 saturated heterocycles. The molecule has 0 aliphatic heterocycles. The molecule has 1 N–H and O–H groups in total. The minimum Gasteiger partial charge on any atom is -0.384 e. The van der Waals surface area contributed by atoms with Crippen molar-refractivity contribution in [3.63, 3.8) is 0 Å². The van der Waals surface area contributed by atoms with Gasteiger partial charge in [-0.3, -0.25) is 9.48 Å². The third-order valence-electron chi connectivity index (χ3n) is 3.05. The molecule has 0 atom stereocenters. The quantitative estimate of drug-likeness (QED) is 0.911. The van der Waals surface area contributed by atoms with E-state index in [0.29, 0.717) is 11.6 Å². The fourth-order valence-electron chi connectivity index (χ4n) is 1.99. The van der Waals surface area contributed by atoms with E-state index in [-0.39, 0.29) is 5.56 Å². The number of nitrogens with zero attached hydrogens (tertiary/aromatic N) is 4. The summed E-state index contributed by atoms with van der Waals surface area (Å²) in [6.45, 7) is 5.02. The van der Waals surface area contributed by atoms with Gasteiger partial charge in [-0.25, -0.2) is 4.68 Å². The Kier molecular flexibility index (Phi) is 4.44. The molecule has 2 rings (SSSR count). The first-order valence-corrected chi connectivity index (χ1v) is 6.95. The smallest absolute Gasteiger partial charge is 0.269 e. The van der Waals surface area contributed by atoms with Gasteiger partial charge >= 0.3 is 0 Å². The van der Waals surface area contributed by atoms with Crippen LogP contribution in [-0.4, -0.2) is 26.1 Å². The zero-order valence-electron chi connectivity index (χ0n) is 11.9. The van der Waals surface area contributed by atoms with Gasteiger partial charge in [-0.15, -0.1) is 0 Å². The van der Waals surface area contributed by atoms with Crippen molar-refractivity contribution in [3.8, 4) is 0 Å². The Morgan fingerprint density at radius 3 is 2.70 bits per heavy atom. The first-order valence-electron chi connectivity index (χ1n) is 6.58.